The number of alkyl halides is 6. The molecule has 1 saturated heterocycles. The molecule has 2 fully saturated rings. The van der Waals surface area contributed by atoms with Crippen molar-refractivity contribution in [2.45, 2.75) is 50.2 Å². The minimum Gasteiger partial charge on any atom is -0.398 e. The molecule has 1 heterocycles. The summed E-state index contributed by atoms with van der Waals surface area (Å²) in [6, 6.07) is 7.95. The quantitative estimate of drug-likeness (QED) is 0.388. The summed E-state index contributed by atoms with van der Waals surface area (Å²) in [7, 11) is 0. The Kier molecular flexibility index (Phi) is 8.28. The first-order valence-electron chi connectivity index (χ1n) is 12.4. The smallest absolute Gasteiger partial charge is 0.398 e. The highest BCUT2D eigenvalue weighted by molar-refractivity contribution is 5.98. The third kappa shape index (κ3) is 7.14. The molecule has 39 heavy (non-hydrogen) atoms. The van der Waals surface area contributed by atoms with Crippen LogP contribution in [0.15, 0.2) is 42.5 Å². The van der Waals surface area contributed by atoms with Gasteiger partial charge in [0, 0.05) is 36.2 Å². The van der Waals surface area contributed by atoms with Crippen molar-refractivity contribution in [2.24, 2.45) is 0 Å². The molecule has 2 aliphatic rings. The predicted octanol–water partition coefficient (Wildman–Crippen LogP) is 4.92. The summed E-state index contributed by atoms with van der Waals surface area (Å²) in [6.45, 7) is -0.0639. The minimum absolute atomic E-state index is 0.0545. The van der Waals surface area contributed by atoms with Crippen LogP contribution in [0.5, 0.6) is 0 Å². The summed E-state index contributed by atoms with van der Waals surface area (Å²) in [4.78, 5) is 27.9. The molecule has 4 rings (SSSR count). The van der Waals surface area contributed by atoms with Crippen LogP contribution >= 0.6 is 0 Å². The standard InChI is InChI=1S/C26H28F6N4O3/c27-25(28,29)16-1-6-19(7-2-16)36-12-11-35(14-23(36)37)24(38)15-39-20-8-3-17(4-9-20)34-18-5-10-22(33)21(13-18)26(30,31)32/h1-2,5-7,10,13,17,20,34H,3-4,8-9,11-12,14-15,33H2. The molecule has 0 spiro atoms. The highest BCUT2D eigenvalue weighted by Gasteiger charge is 2.34. The molecule has 2 aromatic rings. The maximum Gasteiger partial charge on any atom is 0.418 e. The SMILES string of the molecule is Nc1ccc(NC2CCC(OCC(=O)N3CCN(c4ccc(C(F)(F)F)cc4)C(=O)C3)CC2)cc1C(F)(F)F. The molecule has 0 atom stereocenters. The van der Waals surface area contributed by atoms with E-state index < -0.39 is 29.4 Å². The molecule has 1 saturated carbocycles. The Bertz CT molecular complexity index is 1180. The number of carbonyl (C=O) groups is 2. The number of benzene rings is 2. The molecular formula is C26H28F6N4O3. The van der Waals surface area contributed by atoms with Gasteiger partial charge in [0.05, 0.1) is 17.2 Å². The largest absolute Gasteiger partial charge is 0.418 e. The van der Waals surface area contributed by atoms with E-state index in [9.17, 15) is 35.9 Å². The lowest BCUT2D eigenvalue weighted by Crippen LogP contribution is -2.53. The average molecular weight is 559 g/mol. The van der Waals surface area contributed by atoms with E-state index in [4.69, 9.17) is 10.5 Å². The fourth-order valence-electron chi connectivity index (χ4n) is 4.77. The lowest BCUT2D eigenvalue weighted by molar-refractivity contribution is -0.143. The lowest BCUT2D eigenvalue weighted by Gasteiger charge is -2.35. The van der Waals surface area contributed by atoms with E-state index in [0.29, 0.717) is 37.1 Å². The van der Waals surface area contributed by atoms with Crippen LogP contribution in [0.25, 0.3) is 0 Å². The van der Waals surface area contributed by atoms with Gasteiger partial charge < -0.3 is 25.6 Å². The zero-order valence-electron chi connectivity index (χ0n) is 20.8. The van der Waals surface area contributed by atoms with E-state index in [1.165, 1.54) is 34.1 Å². The second kappa shape index (κ2) is 11.3. The van der Waals surface area contributed by atoms with Crippen LogP contribution < -0.4 is 16.0 Å². The van der Waals surface area contributed by atoms with E-state index in [2.05, 4.69) is 5.32 Å². The van der Waals surface area contributed by atoms with Crippen molar-refractivity contribution in [1.82, 2.24) is 4.90 Å². The average Bonchev–Trinajstić information content (AvgIpc) is 2.88. The number of ether oxygens (including phenoxy) is 1. The molecule has 0 unspecified atom stereocenters. The van der Waals surface area contributed by atoms with Gasteiger partial charge in [0.15, 0.2) is 0 Å². The molecule has 7 nitrogen and oxygen atoms in total. The zero-order valence-corrected chi connectivity index (χ0v) is 20.8. The third-order valence-electron chi connectivity index (χ3n) is 6.93. The van der Waals surface area contributed by atoms with E-state index in [1.54, 1.807) is 0 Å². The van der Waals surface area contributed by atoms with Gasteiger partial charge in [0.25, 0.3) is 0 Å². The zero-order chi connectivity index (χ0) is 28.4. The Morgan fingerprint density at radius 3 is 2.21 bits per heavy atom. The highest BCUT2D eigenvalue weighted by atomic mass is 19.4. The van der Waals surface area contributed by atoms with Crippen LogP contribution in [0.2, 0.25) is 0 Å². The molecule has 2 amide bonds. The lowest BCUT2D eigenvalue weighted by atomic mass is 9.92. The fourth-order valence-corrected chi connectivity index (χ4v) is 4.77. The Labute approximate surface area is 220 Å². The van der Waals surface area contributed by atoms with Crippen LogP contribution in [0.1, 0.15) is 36.8 Å². The Morgan fingerprint density at radius 1 is 0.949 bits per heavy atom. The number of amides is 2. The van der Waals surface area contributed by atoms with Crippen molar-refractivity contribution in [3.05, 3.63) is 53.6 Å². The fraction of sp³-hybridized carbons (Fsp3) is 0.462. The number of rotatable bonds is 6. The second-order valence-corrected chi connectivity index (χ2v) is 9.63. The number of hydrogen-bond acceptors (Lipinski definition) is 5. The summed E-state index contributed by atoms with van der Waals surface area (Å²) in [6.07, 6.45) is -6.74. The first kappa shape index (κ1) is 28.5. The van der Waals surface area contributed by atoms with Gasteiger partial charge in [-0.25, -0.2) is 0 Å². The van der Waals surface area contributed by atoms with Crippen LogP contribution in [-0.2, 0) is 26.7 Å². The maximum absolute atomic E-state index is 13.1. The van der Waals surface area contributed by atoms with Gasteiger partial charge in [-0.1, -0.05) is 0 Å². The number of halogens is 6. The van der Waals surface area contributed by atoms with Crippen molar-refractivity contribution < 1.29 is 40.7 Å². The first-order chi connectivity index (χ1) is 18.3. The van der Waals surface area contributed by atoms with Crippen molar-refractivity contribution >= 4 is 28.9 Å². The summed E-state index contributed by atoms with van der Waals surface area (Å²) in [5.41, 5.74) is 4.07. The summed E-state index contributed by atoms with van der Waals surface area (Å²) in [5.74, 6) is -0.769. The number of nitrogens with two attached hydrogens (primary N) is 1. The van der Waals surface area contributed by atoms with E-state index in [-0.39, 0.29) is 50.0 Å². The number of nitrogens with zero attached hydrogens (tertiary/aromatic N) is 2. The summed E-state index contributed by atoms with van der Waals surface area (Å²) in [5, 5.41) is 3.11. The van der Waals surface area contributed by atoms with Crippen LogP contribution in [0.4, 0.5) is 43.4 Å². The number of nitrogen functional groups attached to an aromatic ring is 1. The van der Waals surface area contributed by atoms with Crippen molar-refractivity contribution in [2.75, 3.05) is 42.2 Å². The Balaban J connectivity index is 1.21. The van der Waals surface area contributed by atoms with Crippen molar-refractivity contribution in [3.8, 4) is 0 Å². The molecule has 1 aliphatic heterocycles. The maximum atomic E-state index is 13.1. The molecular weight excluding hydrogens is 530 g/mol. The van der Waals surface area contributed by atoms with E-state index in [1.807, 2.05) is 0 Å². The van der Waals surface area contributed by atoms with Crippen LogP contribution in [-0.4, -0.2) is 55.1 Å². The van der Waals surface area contributed by atoms with Crippen LogP contribution in [0.3, 0.4) is 0 Å². The molecule has 0 radical (unpaired) electrons. The van der Waals surface area contributed by atoms with Crippen LogP contribution in [0, 0.1) is 0 Å². The molecule has 13 heteroatoms. The van der Waals surface area contributed by atoms with Gasteiger partial charge >= 0.3 is 12.4 Å². The Hall–Kier alpha value is -3.48. The molecule has 1 aliphatic carbocycles. The molecule has 0 aromatic heterocycles. The summed E-state index contributed by atoms with van der Waals surface area (Å²) >= 11 is 0. The predicted molar refractivity (Wildman–Crippen MR) is 132 cm³/mol. The number of hydrogen-bond donors (Lipinski definition) is 2. The monoisotopic (exact) mass is 558 g/mol. The third-order valence-corrected chi connectivity index (χ3v) is 6.93. The number of piperazine rings is 1. The van der Waals surface area contributed by atoms with Crippen molar-refractivity contribution in [1.29, 1.82) is 0 Å². The first-order valence-corrected chi connectivity index (χ1v) is 12.4. The molecule has 0 bridgehead atoms. The normalized spacial score (nSPS) is 20.7. The van der Waals surface area contributed by atoms with Gasteiger partial charge in [-0.2, -0.15) is 26.3 Å². The van der Waals surface area contributed by atoms with Gasteiger partial charge in [0.1, 0.15) is 13.2 Å². The van der Waals surface area contributed by atoms with Gasteiger partial charge in [-0.05, 0) is 68.1 Å². The van der Waals surface area contributed by atoms with E-state index >= 15 is 0 Å². The number of carbonyl (C=O) groups excluding carboxylic acids is 2. The topological polar surface area (TPSA) is 87.9 Å². The second-order valence-electron chi connectivity index (χ2n) is 9.63. The van der Waals surface area contributed by atoms with Gasteiger partial charge in [-0.3, -0.25) is 9.59 Å². The van der Waals surface area contributed by atoms with E-state index in [0.717, 1.165) is 18.2 Å². The highest BCUT2D eigenvalue weighted by Crippen LogP contribution is 2.36. The van der Waals surface area contributed by atoms with Gasteiger partial charge in [-0.15, -0.1) is 0 Å². The number of anilines is 3. The number of nitrogens with one attached hydrogen (secondary N) is 1. The van der Waals surface area contributed by atoms with Crippen molar-refractivity contribution in [3.63, 3.8) is 0 Å². The summed E-state index contributed by atoms with van der Waals surface area (Å²) < 4.78 is 83.4. The molecule has 3 N–H and O–H groups in total. The Morgan fingerprint density at radius 2 is 1.62 bits per heavy atom. The van der Waals surface area contributed by atoms with Gasteiger partial charge in [0.2, 0.25) is 11.8 Å². The molecule has 2 aromatic carbocycles. The minimum atomic E-state index is -4.54. The molecule has 212 valence electrons.